The molecule has 0 atom stereocenters. The lowest BCUT2D eigenvalue weighted by molar-refractivity contribution is -0.131. The zero-order valence-corrected chi connectivity index (χ0v) is 11.4. The van der Waals surface area contributed by atoms with E-state index in [1.54, 1.807) is 14.2 Å². The Balaban J connectivity index is 2.86. The van der Waals surface area contributed by atoms with E-state index < -0.39 is 0 Å². The fourth-order valence-electron chi connectivity index (χ4n) is 2.20. The summed E-state index contributed by atoms with van der Waals surface area (Å²) in [5, 5.41) is 1.68. The Morgan fingerprint density at radius 1 is 0.947 bits per heavy atom. The first-order chi connectivity index (χ1) is 9.10. The Morgan fingerprint density at radius 2 is 1.47 bits per heavy atom. The summed E-state index contributed by atoms with van der Waals surface area (Å²) in [6, 6.07) is 7.59. The fraction of sp³-hybridized carbons (Fsp3) is 0.267. The summed E-state index contributed by atoms with van der Waals surface area (Å²) in [5.41, 5.74) is 0.744. The Labute approximate surface area is 111 Å². The van der Waals surface area contributed by atoms with Gasteiger partial charge in [0.2, 0.25) is 0 Å². The molecule has 2 aromatic rings. The standard InChI is InChI=1S/C15H16O4/c1-9-13(19-10(2)16)11-7-5-6-8-12(11)15(18-4)14(9)17-3/h5-8H,1-4H3. The molecule has 0 aromatic heterocycles. The van der Waals surface area contributed by atoms with E-state index in [1.165, 1.54) is 6.92 Å². The Hall–Kier alpha value is -2.23. The van der Waals surface area contributed by atoms with Crippen molar-refractivity contribution in [2.75, 3.05) is 14.2 Å². The maximum Gasteiger partial charge on any atom is 0.308 e. The normalized spacial score (nSPS) is 10.3. The van der Waals surface area contributed by atoms with Gasteiger partial charge in [-0.3, -0.25) is 4.79 Å². The van der Waals surface area contributed by atoms with Gasteiger partial charge in [0.1, 0.15) is 5.75 Å². The number of carbonyl (C=O) groups is 1. The van der Waals surface area contributed by atoms with Crippen LogP contribution in [0.15, 0.2) is 24.3 Å². The van der Waals surface area contributed by atoms with Crippen molar-refractivity contribution in [3.05, 3.63) is 29.8 Å². The first kappa shape index (κ1) is 13.2. The third-order valence-electron chi connectivity index (χ3n) is 2.96. The second-order valence-corrected chi connectivity index (χ2v) is 4.16. The van der Waals surface area contributed by atoms with Crippen molar-refractivity contribution in [3.8, 4) is 17.2 Å². The largest absolute Gasteiger partial charge is 0.492 e. The molecule has 0 amide bonds. The van der Waals surface area contributed by atoms with Gasteiger partial charge < -0.3 is 14.2 Å². The molecule has 2 rings (SSSR count). The van der Waals surface area contributed by atoms with Gasteiger partial charge in [-0.1, -0.05) is 24.3 Å². The molecule has 100 valence electrons. The molecule has 0 spiro atoms. The third-order valence-corrected chi connectivity index (χ3v) is 2.96. The summed E-state index contributed by atoms with van der Waals surface area (Å²) < 4.78 is 16.1. The number of methoxy groups -OCH3 is 2. The van der Waals surface area contributed by atoms with E-state index >= 15 is 0 Å². The molecule has 0 aliphatic carbocycles. The molecular formula is C15H16O4. The first-order valence-electron chi connectivity index (χ1n) is 5.91. The van der Waals surface area contributed by atoms with E-state index in [2.05, 4.69) is 0 Å². The van der Waals surface area contributed by atoms with Gasteiger partial charge >= 0.3 is 5.97 Å². The van der Waals surface area contributed by atoms with Crippen molar-refractivity contribution in [3.63, 3.8) is 0 Å². The highest BCUT2D eigenvalue weighted by Gasteiger charge is 2.19. The van der Waals surface area contributed by atoms with Gasteiger partial charge in [0.25, 0.3) is 0 Å². The monoisotopic (exact) mass is 260 g/mol. The molecule has 4 nitrogen and oxygen atoms in total. The van der Waals surface area contributed by atoms with Crippen molar-refractivity contribution in [1.82, 2.24) is 0 Å². The van der Waals surface area contributed by atoms with E-state index in [-0.39, 0.29) is 5.97 Å². The molecule has 0 saturated carbocycles. The quantitative estimate of drug-likeness (QED) is 0.628. The smallest absolute Gasteiger partial charge is 0.308 e. The summed E-state index contributed by atoms with van der Waals surface area (Å²) >= 11 is 0. The van der Waals surface area contributed by atoms with Crippen LogP contribution in [0.1, 0.15) is 12.5 Å². The number of fused-ring (bicyclic) bond motifs is 1. The van der Waals surface area contributed by atoms with Crippen LogP contribution in [0, 0.1) is 6.92 Å². The topological polar surface area (TPSA) is 44.8 Å². The maximum atomic E-state index is 11.3. The van der Waals surface area contributed by atoms with Crippen molar-refractivity contribution >= 4 is 16.7 Å². The Morgan fingerprint density at radius 3 is 1.95 bits per heavy atom. The predicted octanol–water partition coefficient (Wildman–Crippen LogP) is 3.09. The number of hydrogen-bond donors (Lipinski definition) is 0. The Kier molecular flexibility index (Phi) is 3.60. The van der Waals surface area contributed by atoms with Crippen LogP contribution in [0.3, 0.4) is 0 Å². The maximum absolute atomic E-state index is 11.3. The van der Waals surface area contributed by atoms with Crippen LogP contribution in [0.25, 0.3) is 10.8 Å². The van der Waals surface area contributed by atoms with Gasteiger partial charge in [0, 0.05) is 23.3 Å². The molecule has 0 fully saturated rings. The molecule has 0 unspecified atom stereocenters. The summed E-state index contributed by atoms with van der Waals surface area (Å²) in [7, 11) is 3.16. The SMILES string of the molecule is COc1c(C)c(OC(C)=O)c2ccccc2c1OC. The molecular weight excluding hydrogens is 244 g/mol. The molecule has 2 aromatic carbocycles. The van der Waals surface area contributed by atoms with Crippen LogP contribution in [0.5, 0.6) is 17.2 Å². The van der Waals surface area contributed by atoms with Crippen LogP contribution in [-0.4, -0.2) is 20.2 Å². The zero-order valence-electron chi connectivity index (χ0n) is 11.4. The van der Waals surface area contributed by atoms with Gasteiger partial charge in [0.05, 0.1) is 14.2 Å². The first-order valence-corrected chi connectivity index (χ1v) is 5.91. The Bertz CT molecular complexity index is 632. The number of esters is 1. The lowest BCUT2D eigenvalue weighted by Crippen LogP contribution is -2.05. The van der Waals surface area contributed by atoms with Crippen LogP contribution in [-0.2, 0) is 4.79 Å². The van der Waals surface area contributed by atoms with Gasteiger partial charge in [-0.15, -0.1) is 0 Å². The van der Waals surface area contributed by atoms with E-state index in [0.29, 0.717) is 17.2 Å². The second kappa shape index (κ2) is 5.18. The van der Waals surface area contributed by atoms with Crippen molar-refractivity contribution in [2.24, 2.45) is 0 Å². The number of hydrogen-bond acceptors (Lipinski definition) is 4. The number of benzene rings is 2. The molecule has 19 heavy (non-hydrogen) atoms. The molecule has 0 N–H and O–H groups in total. The van der Waals surface area contributed by atoms with Crippen molar-refractivity contribution in [1.29, 1.82) is 0 Å². The van der Waals surface area contributed by atoms with Gasteiger partial charge in [-0.2, -0.15) is 0 Å². The molecule has 0 aliphatic heterocycles. The van der Waals surface area contributed by atoms with Crippen LogP contribution in [0.4, 0.5) is 0 Å². The van der Waals surface area contributed by atoms with Gasteiger partial charge in [0.15, 0.2) is 11.5 Å². The van der Waals surface area contributed by atoms with Crippen LogP contribution < -0.4 is 14.2 Å². The molecule has 0 radical (unpaired) electrons. The number of rotatable bonds is 3. The average Bonchev–Trinajstić information content (AvgIpc) is 2.40. The zero-order chi connectivity index (χ0) is 14.0. The molecule has 4 heteroatoms. The minimum Gasteiger partial charge on any atom is -0.492 e. The number of ether oxygens (including phenoxy) is 3. The molecule has 0 saturated heterocycles. The third kappa shape index (κ3) is 2.21. The lowest BCUT2D eigenvalue weighted by Gasteiger charge is -2.17. The lowest BCUT2D eigenvalue weighted by atomic mass is 10.0. The predicted molar refractivity (Wildman–Crippen MR) is 73.1 cm³/mol. The summed E-state index contributed by atoms with van der Waals surface area (Å²) in [6.07, 6.45) is 0. The number of carbonyl (C=O) groups excluding carboxylic acids is 1. The summed E-state index contributed by atoms with van der Waals surface area (Å²) in [4.78, 5) is 11.3. The highest BCUT2D eigenvalue weighted by molar-refractivity contribution is 5.98. The fourth-order valence-corrected chi connectivity index (χ4v) is 2.20. The highest BCUT2D eigenvalue weighted by atomic mass is 16.5. The average molecular weight is 260 g/mol. The summed E-state index contributed by atoms with van der Waals surface area (Å²) in [5.74, 6) is 1.38. The highest BCUT2D eigenvalue weighted by Crippen LogP contribution is 2.45. The van der Waals surface area contributed by atoms with Crippen LogP contribution in [0.2, 0.25) is 0 Å². The minimum absolute atomic E-state index is 0.361. The van der Waals surface area contributed by atoms with E-state index in [9.17, 15) is 4.79 Å². The summed E-state index contributed by atoms with van der Waals surface area (Å²) in [6.45, 7) is 3.22. The van der Waals surface area contributed by atoms with E-state index in [4.69, 9.17) is 14.2 Å². The molecule has 0 bridgehead atoms. The minimum atomic E-state index is -0.361. The van der Waals surface area contributed by atoms with Crippen LogP contribution >= 0.6 is 0 Å². The van der Waals surface area contributed by atoms with Gasteiger partial charge in [-0.05, 0) is 6.92 Å². The van der Waals surface area contributed by atoms with E-state index in [0.717, 1.165) is 16.3 Å². The van der Waals surface area contributed by atoms with Crippen molar-refractivity contribution in [2.45, 2.75) is 13.8 Å². The van der Waals surface area contributed by atoms with E-state index in [1.807, 2.05) is 31.2 Å². The van der Waals surface area contributed by atoms with Crippen molar-refractivity contribution < 1.29 is 19.0 Å². The second-order valence-electron chi connectivity index (χ2n) is 4.16. The molecule has 0 aliphatic rings. The van der Waals surface area contributed by atoms with Gasteiger partial charge in [-0.25, -0.2) is 0 Å². The molecule has 0 heterocycles.